The molecule has 1 heterocycles. The number of para-hydroxylation sites is 4. The minimum absolute atomic E-state index is 0.655. The van der Waals surface area contributed by atoms with Gasteiger partial charge in [0.2, 0.25) is 0 Å². The van der Waals surface area contributed by atoms with Crippen LogP contribution in [-0.4, -0.2) is 14.0 Å². The first kappa shape index (κ1) is 22.1. The predicted octanol–water partition coefficient (Wildman–Crippen LogP) is 7.16. The van der Waals surface area contributed by atoms with E-state index < -0.39 is 14.0 Å². The van der Waals surface area contributed by atoms with E-state index in [1.165, 1.54) is 0 Å². The largest absolute Gasteiger partial charge is 0.549 e. The number of hydrogen-bond acceptors (Lipinski definition) is 4. The van der Waals surface area contributed by atoms with Crippen LogP contribution >= 0.6 is 0 Å². The number of rotatable bonds is 8. The minimum atomic E-state index is -3.25. The zero-order chi connectivity index (χ0) is 23.1. The van der Waals surface area contributed by atoms with Gasteiger partial charge in [-0.25, -0.2) is 0 Å². The Morgan fingerprint density at radius 3 is 1.26 bits per heavy atom. The molecule has 0 spiro atoms. The van der Waals surface area contributed by atoms with Crippen molar-refractivity contribution in [1.29, 1.82) is 0 Å². The fraction of sp³-hybridized carbons (Fsp3) is 0.172. The van der Waals surface area contributed by atoms with Gasteiger partial charge >= 0.3 is 14.0 Å². The van der Waals surface area contributed by atoms with E-state index in [0.717, 1.165) is 41.9 Å². The maximum atomic E-state index is 6.87. The Labute approximate surface area is 202 Å². The van der Waals surface area contributed by atoms with Crippen LogP contribution in [0.3, 0.4) is 0 Å². The molecule has 1 fully saturated rings. The monoisotopic (exact) mass is 468 g/mol. The van der Waals surface area contributed by atoms with Gasteiger partial charge in [-0.2, -0.15) is 0 Å². The summed E-state index contributed by atoms with van der Waals surface area (Å²) in [5.74, 6) is 2.96. The van der Waals surface area contributed by atoms with Crippen molar-refractivity contribution >= 4 is 8.56 Å². The van der Waals surface area contributed by atoms with E-state index in [1.807, 2.05) is 121 Å². The number of ether oxygens (including phenoxy) is 2. The van der Waals surface area contributed by atoms with Gasteiger partial charge in [-0.15, -0.1) is 0 Å². The Morgan fingerprint density at radius 2 is 0.853 bits per heavy atom. The van der Waals surface area contributed by atoms with Crippen LogP contribution < -0.4 is 18.3 Å². The summed E-state index contributed by atoms with van der Waals surface area (Å²) in [6.45, 7) is 0. The Balaban J connectivity index is 1.65. The Morgan fingerprint density at radius 1 is 0.471 bits per heavy atom. The lowest BCUT2D eigenvalue weighted by Gasteiger charge is -2.47. The lowest BCUT2D eigenvalue weighted by molar-refractivity contribution is -0.0858. The van der Waals surface area contributed by atoms with Crippen LogP contribution in [0.25, 0.3) is 0 Å². The lowest BCUT2D eigenvalue weighted by Crippen LogP contribution is -2.74. The van der Waals surface area contributed by atoms with Crippen LogP contribution in [0, 0.1) is 0 Å². The molecule has 0 radical (unpaired) electrons. The highest BCUT2D eigenvalue weighted by Gasteiger charge is 2.68. The van der Waals surface area contributed by atoms with Crippen molar-refractivity contribution in [2.75, 3.05) is 0 Å². The standard InChI is InChI=1S/C29H28O4Si/c1-5-15-25(16-6-1)30-29(31-26-17-7-2-8-18-26)23-13-14-24-34(29,32-27-19-9-3-10-20-27)33-28-21-11-4-12-22-28/h1-12,15-22H,13-14,23-24H2. The minimum Gasteiger partial charge on any atom is -0.508 e. The Hall–Kier alpha value is -3.70. The molecule has 1 aliphatic heterocycles. The first-order chi connectivity index (χ1) is 16.8. The van der Waals surface area contributed by atoms with Gasteiger partial charge < -0.3 is 18.3 Å². The molecule has 0 saturated carbocycles. The maximum Gasteiger partial charge on any atom is 0.549 e. The van der Waals surface area contributed by atoms with Crippen molar-refractivity contribution in [3.05, 3.63) is 121 Å². The molecule has 1 aliphatic rings. The smallest absolute Gasteiger partial charge is 0.508 e. The highest BCUT2D eigenvalue weighted by molar-refractivity contribution is 6.71. The summed E-state index contributed by atoms with van der Waals surface area (Å²) in [7, 11) is -3.25. The van der Waals surface area contributed by atoms with Gasteiger partial charge in [0.25, 0.3) is 0 Å². The van der Waals surface area contributed by atoms with Gasteiger partial charge in [-0.3, -0.25) is 0 Å². The van der Waals surface area contributed by atoms with Gasteiger partial charge in [0.15, 0.2) is 0 Å². The van der Waals surface area contributed by atoms with Crippen LogP contribution in [0.1, 0.15) is 19.3 Å². The summed E-state index contributed by atoms with van der Waals surface area (Å²) in [6.07, 6.45) is 2.58. The highest BCUT2D eigenvalue weighted by Crippen LogP contribution is 2.43. The normalized spacial score (nSPS) is 16.2. The van der Waals surface area contributed by atoms with Crippen molar-refractivity contribution in [2.24, 2.45) is 0 Å². The molecule has 0 aromatic heterocycles. The first-order valence-electron chi connectivity index (χ1n) is 11.7. The van der Waals surface area contributed by atoms with Gasteiger partial charge in [0, 0.05) is 12.5 Å². The van der Waals surface area contributed by atoms with E-state index in [9.17, 15) is 0 Å². The fourth-order valence-corrected chi connectivity index (χ4v) is 8.16. The van der Waals surface area contributed by atoms with Crippen molar-refractivity contribution in [2.45, 2.75) is 30.7 Å². The summed E-state index contributed by atoms with van der Waals surface area (Å²) in [5.41, 5.74) is -1.10. The maximum absolute atomic E-state index is 6.87. The number of benzene rings is 4. The molecule has 5 heteroatoms. The quantitative estimate of drug-likeness (QED) is 0.203. The average Bonchev–Trinajstić information content (AvgIpc) is 2.88. The van der Waals surface area contributed by atoms with Crippen LogP contribution in [0.5, 0.6) is 23.0 Å². The lowest BCUT2D eigenvalue weighted by atomic mass is 10.2. The SMILES string of the molecule is c1ccc(OC2(Oc3ccccc3)CCCC[Si]2(Oc2ccccc2)Oc2ccccc2)cc1. The fourth-order valence-electron chi connectivity index (χ4n) is 4.37. The highest BCUT2D eigenvalue weighted by atomic mass is 28.4. The topological polar surface area (TPSA) is 36.9 Å². The molecule has 0 atom stereocenters. The third-order valence-electron chi connectivity index (χ3n) is 5.95. The summed E-state index contributed by atoms with van der Waals surface area (Å²) in [6, 6.07) is 40.1. The predicted molar refractivity (Wildman–Crippen MR) is 135 cm³/mol. The van der Waals surface area contributed by atoms with Gasteiger partial charge in [0.1, 0.15) is 23.0 Å². The van der Waals surface area contributed by atoms with Crippen LogP contribution in [0.15, 0.2) is 121 Å². The second-order valence-corrected chi connectivity index (χ2v) is 11.5. The van der Waals surface area contributed by atoms with Crippen LogP contribution in [-0.2, 0) is 0 Å². The molecule has 4 aromatic carbocycles. The molecule has 5 rings (SSSR count). The molecule has 0 amide bonds. The van der Waals surface area contributed by atoms with Gasteiger partial charge in [-0.1, -0.05) is 72.8 Å². The second-order valence-electron chi connectivity index (χ2n) is 8.37. The molecule has 4 aromatic rings. The van der Waals surface area contributed by atoms with Crippen LogP contribution in [0.4, 0.5) is 0 Å². The zero-order valence-electron chi connectivity index (χ0n) is 19.0. The van der Waals surface area contributed by atoms with Gasteiger partial charge in [0.05, 0.1) is 0 Å². The van der Waals surface area contributed by atoms with E-state index in [2.05, 4.69) is 0 Å². The zero-order valence-corrected chi connectivity index (χ0v) is 20.0. The van der Waals surface area contributed by atoms with E-state index in [-0.39, 0.29) is 0 Å². The Kier molecular flexibility index (Phi) is 6.54. The van der Waals surface area contributed by atoms with Crippen LogP contribution in [0.2, 0.25) is 6.04 Å². The third-order valence-corrected chi connectivity index (χ3v) is 9.70. The molecule has 0 N–H and O–H groups in total. The average molecular weight is 469 g/mol. The molecular weight excluding hydrogens is 440 g/mol. The first-order valence-corrected chi connectivity index (χ1v) is 13.8. The van der Waals surface area contributed by atoms with E-state index in [0.29, 0.717) is 6.42 Å². The van der Waals surface area contributed by atoms with E-state index in [4.69, 9.17) is 18.3 Å². The van der Waals surface area contributed by atoms with Gasteiger partial charge in [-0.05, 0) is 61.4 Å². The molecule has 34 heavy (non-hydrogen) atoms. The molecular formula is C29H28O4Si. The Bertz CT molecular complexity index is 976. The van der Waals surface area contributed by atoms with E-state index >= 15 is 0 Å². The molecule has 172 valence electrons. The summed E-state index contributed by atoms with van der Waals surface area (Å²) >= 11 is 0. The summed E-state index contributed by atoms with van der Waals surface area (Å²) in [4.78, 5) is 0. The second kappa shape index (κ2) is 10.1. The van der Waals surface area contributed by atoms with Crippen molar-refractivity contribution in [3.63, 3.8) is 0 Å². The van der Waals surface area contributed by atoms with E-state index in [1.54, 1.807) is 0 Å². The molecule has 0 bridgehead atoms. The molecule has 0 unspecified atom stereocenters. The van der Waals surface area contributed by atoms with Crippen molar-refractivity contribution in [1.82, 2.24) is 0 Å². The summed E-state index contributed by atoms with van der Waals surface area (Å²) in [5, 5.41) is 0. The third kappa shape index (κ3) is 4.80. The number of hydrogen-bond donors (Lipinski definition) is 0. The summed E-state index contributed by atoms with van der Waals surface area (Å²) < 4.78 is 27.3. The van der Waals surface area contributed by atoms with Crippen molar-refractivity contribution in [3.8, 4) is 23.0 Å². The molecule has 0 aliphatic carbocycles. The van der Waals surface area contributed by atoms with Crippen molar-refractivity contribution < 1.29 is 18.3 Å². The molecule has 1 saturated heterocycles. The molecule has 4 nitrogen and oxygen atoms in total.